The number of benzene rings is 2. The fraction of sp³-hybridized carbons (Fsp3) is 0.200. The second kappa shape index (κ2) is 7.73. The highest BCUT2D eigenvalue weighted by atomic mass is 79.9. The third-order valence-corrected chi connectivity index (χ3v) is 3.56. The third kappa shape index (κ3) is 5.26. The lowest BCUT2D eigenvalue weighted by molar-refractivity contribution is -0.0505. The summed E-state index contributed by atoms with van der Waals surface area (Å²) < 4.78 is 30.2. The molecule has 6 heteroatoms. The summed E-state index contributed by atoms with van der Waals surface area (Å²) >= 11 is 9.26. The highest BCUT2D eigenvalue weighted by molar-refractivity contribution is 9.10. The summed E-state index contributed by atoms with van der Waals surface area (Å²) in [5.74, 6) is 0.137. The van der Waals surface area contributed by atoms with Crippen molar-refractivity contribution in [1.82, 2.24) is 5.32 Å². The van der Waals surface area contributed by atoms with Crippen LogP contribution in [0.25, 0.3) is 0 Å². The van der Waals surface area contributed by atoms with Gasteiger partial charge in [-0.3, -0.25) is 0 Å². The molecule has 0 heterocycles. The summed E-state index contributed by atoms with van der Waals surface area (Å²) in [4.78, 5) is 0. The molecule has 0 atom stereocenters. The maximum absolute atomic E-state index is 12.3. The van der Waals surface area contributed by atoms with Gasteiger partial charge in [0, 0.05) is 28.1 Å². The number of hydrogen-bond donors (Lipinski definition) is 1. The molecule has 0 unspecified atom stereocenters. The number of halogens is 4. The van der Waals surface area contributed by atoms with E-state index in [0.717, 1.165) is 10.0 Å². The summed E-state index contributed by atoms with van der Waals surface area (Å²) in [6.45, 7) is -1.84. The second-order valence-electron chi connectivity index (χ2n) is 4.36. The first kappa shape index (κ1) is 16.2. The number of ether oxygens (including phenoxy) is 1. The van der Waals surface area contributed by atoms with Crippen molar-refractivity contribution in [2.24, 2.45) is 0 Å². The fourth-order valence-electron chi connectivity index (χ4n) is 1.84. The van der Waals surface area contributed by atoms with Crippen molar-refractivity contribution in [2.75, 3.05) is 0 Å². The zero-order chi connectivity index (χ0) is 15.2. The van der Waals surface area contributed by atoms with Crippen LogP contribution in [0.4, 0.5) is 8.78 Å². The minimum atomic E-state index is -2.85. The minimum absolute atomic E-state index is 0.137. The SMILES string of the molecule is FC(F)Oc1ccc(Cl)cc1CNCc1ccc(Br)cc1. The van der Waals surface area contributed by atoms with Crippen LogP contribution >= 0.6 is 27.5 Å². The molecule has 0 aliphatic rings. The van der Waals surface area contributed by atoms with Crippen molar-refractivity contribution in [3.63, 3.8) is 0 Å². The molecule has 0 aromatic heterocycles. The zero-order valence-corrected chi connectivity index (χ0v) is 13.3. The van der Waals surface area contributed by atoms with Crippen LogP contribution in [0.2, 0.25) is 5.02 Å². The highest BCUT2D eigenvalue weighted by Crippen LogP contribution is 2.24. The van der Waals surface area contributed by atoms with Crippen LogP contribution in [0.1, 0.15) is 11.1 Å². The van der Waals surface area contributed by atoms with Gasteiger partial charge >= 0.3 is 6.61 Å². The van der Waals surface area contributed by atoms with Crippen LogP contribution in [0.15, 0.2) is 46.9 Å². The Bertz CT molecular complexity index is 593. The molecule has 0 saturated heterocycles. The van der Waals surface area contributed by atoms with E-state index in [0.29, 0.717) is 23.7 Å². The molecule has 0 aliphatic heterocycles. The Balaban J connectivity index is 1.98. The first-order valence-electron chi connectivity index (χ1n) is 6.23. The molecule has 21 heavy (non-hydrogen) atoms. The standard InChI is InChI=1S/C15H13BrClF2NO/c16-12-3-1-10(2-4-12)8-20-9-11-7-13(17)5-6-14(11)21-15(18)19/h1-7,15,20H,8-9H2. The molecule has 0 radical (unpaired) electrons. The summed E-state index contributed by atoms with van der Waals surface area (Å²) in [6.07, 6.45) is 0. The van der Waals surface area contributed by atoms with Crippen LogP contribution in [-0.2, 0) is 13.1 Å². The van der Waals surface area contributed by atoms with Crippen molar-refractivity contribution < 1.29 is 13.5 Å². The van der Waals surface area contributed by atoms with Gasteiger partial charge in [-0.2, -0.15) is 8.78 Å². The van der Waals surface area contributed by atoms with Crippen molar-refractivity contribution in [1.29, 1.82) is 0 Å². The first-order valence-corrected chi connectivity index (χ1v) is 7.40. The van der Waals surface area contributed by atoms with Gasteiger partial charge in [-0.05, 0) is 35.9 Å². The minimum Gasteiger partial charge on any atom is -0.434 e. The molecule has 0 fully saturated rings. The van der Waals surface area contributed by atoms with E-state index in [1.807, 2.05) is 24.3 Å². The molecule has 112 valence electrons. The normalized spacial score (nSPS) is 10.9. The Labute approximate surface area is 135 Å². The number of hydrogen-bond acceptors (Lipinski definition) is 2. The maximum Gasteiger partial charge on any atom is 0.387 e. The van der Waals surface area contributed by atoms with Crippen LogP contribution in [-0.4, -0.2) is 6.61 Å². The van der Waals surface area contributed by atoms with Gasteiger partial charge in [-0.1, -0.05) is 39.7 Å². The van der Waals surface area contributed by atoms with Gasteiger partial charge in [0.1, 0.15) is 5.75 Å². The van der Waals surface area contributed by atoms with E-state index in [4.69, 9.17) is 11.6 Å². The highest BCUT2D eigenvalue weighted by Gasteiger charge is 2.10. The predicted octanol–water partition coefficient (Wildman–Crippen LogP) is 4.99. The molecule has 2 aromatic carbocycles. The Morgan fingerprint density at radius 3 is 2.48 bits per heavy atom. The largest absolute Gasteiger partial charge is 0.434 e. The average molecular weight is 377 g/mol. The van der Waals surface area contributed by atoms with Gasteiger partial charge in [-0.25, -0.2) is 0 Å². The van der Waals surface area contributed by atoms with Gasteiger partial charge < -0.3 is 10.1 Å². The summed E-state index contributed by atoms with van der Waals surface area (Å²) in [5.41, 5.74) is 1.69. The lowest BCUT2D eigenvalue weighted by Crippen LogP contribution is -2.14. The van der Waals surface area contributed by atoms with E-state index >= 15 is 0 Å². The number of rotatable bonds is 6. The average Bonchev–Trinajstić information content (AvgIpc) is 2.43. The molecule has 0 spiro atoms. The Morgan fingerprint density at radius 1 is 1.10 bits per heavy atom. The third-order valence-electron chi connectivity index (χ3n) is 2.80. The van der Waals surface area contributed by atoms with E-state index in [1.54, 1.807) is 6.07 Å². The van der Waals surface area contributed by atoms with Crippen molar-refractivity contribution in [2.45, 2.75) is 19.7 Å². The van der Waals surface area contributed by atoms with Gasteiger partial charge in [0.05, 0.1) is 0 Å². The lowest BCUT2D eigenvalue weighted by Gasteiger charge is -2.12. The van der Waals surface area contributed by atoms with Gasteiger partial charge in [0.15, 0.2) is 0 Å². The van der Waals surface area contributed by atoms with Crippen LogP contribution < -0.4 is 10.1 Å². The number of nitrogens with one attached hydrogen (secondary N) is 1. The van der Waals surface area contributed by atoms with Gasteiger partial charge in [-0.15, -0.1) is 0 Å². The molecular formula is C15H13BrClF2NO. The second-order valence-corrected chi connectivity index (χ2v) is 5.71. The Kier molecular flexibility index (Phi) is 5.96. The zero-order valence-electron chi connectivity index (χ0n) is 11.0. The molecule has 2 rings (SSSR count). The van der Waals surface area contributed by atoms with E-state index in [1.165, 1.54) is 12.1 Å². The maximum atomic E-state index is 12.3. The number of alkyl halides is 2. The van der Waals surface area contributed by atoms with Crippen LogP contribution in [0.3, 0.4) is 0 Å². The molecule has 0 bridgehead atoms. The molecule has 2 nitrogen and oxygen atoms in total. The smallest absolute Gasteiger partial charge is 0.387 e. The first-order chi connectivity index (χ1) is 10.0. The topological polar surface area (TPSA) is 21.3 Å². The van der Waals surface area contributed by atoms with Crippen LogP contribution in [0, 0.1) is 0 Å². The fourth-order valence-corrected chi connectivity index (χ4v) is 2.30. The van der Waals surface area contributed by atoms with Crippen LogP contribution in [0.5, 0.6) is 5.75 Å². The quantitative estimate of drug-likeness (QED) is 0.766. The molecule has 1 N–H and O–H groups in total. The monoisotopic (exact) mass is 375 g/mol. The van der Waals surface area contributed by atoms with E-state index < -0.39 is 6.61 Å². The molecular weight excluding hydrogens is 364 g/mol. The Hall–Kier alpha value is -1.17. The molecule has 0 aliphatic carbocycles. The van der Waals surface area contributed by atoms with Crippen molar-refractivity contribution >= 4 is 27.5 Å². The molecule has 2 aromatic rings. The predicted molar refractivity (Wildman–Crippen MR) is 82.8 cm³/mol. The van der Waals surface area contributed by atoms with Gasteiger partial charge in [0.25, 0.3) is 0 Å². The van der Waals surface area contributed by atoms with Gasteiger partial charge in [0.2, 0.25) is 0 Å². The summed E-state index contributed by atoms with van der Waals surface area (Å²) in [6, 6.07) is 12.4. The Morgan fingerprint density at radius 2 is 1.81 bits per heavy atom. The van der Waals surface area contributed by atoms with E-state index in [-0.39, 0.29) is 5.75 Å². The summed E-state index contributed by atoms with van der Waals surface area (Å²) in [7, 11) is 0. The van der Waals surface area contributed by atoms with Crippen molar-refractivity contribution in [3.05, 3.63) is 63.1 Å². The lowest BCUT2D eigenvalue weighted by atomic mass is 10.2. The van der Waals surface area contributed by atoms with E-state index in [9.17, 15) is 8.78 Å². The summed E-state index contributed by atoms with van der Waals surface area (Å²) in [5, 5.41) is 3.66. The van der Waals surface area contributed by atoms with Crippen molar-refractivity contribution in [3.8, 4) is 5.75 Å². The van der Waals surface area contributed by atoms with E-state index in [2.05, 4.69) is 26.0 Å². The molecule has 0 amide bonds. The molecule has 0 saturated carbocycles.